The minimum atomic E-state index is -0.741. The summed E-state index contributed by atoms with van der Waals surface area (Å²) in [7, 11) is 2.86. The monoisotopic (exact) mass is 393 g/mol. The molecule has 142 valence electrons. The number of rotatable bonds is 7. The molecule has 2 aromatic carbocycles. The minimum absolute atomic E-state index is 0.315. The van der Waals surface area contributed by atoms with Gasteiger partial charge < -0.3 is 19.5 Å². The van der Waals surface area contributed by atoms with Crippen LogP contribution in [0.2, 0.25) is 5.02 Å². The molecule has 0 aromatic heterocycles. The summed E-state index contributed by atoms with van der Waals surface area (Å²) < 4.78 is 28.1. The summed E-state index contributed by atoms with van der Waals surface area (Å²) in [6.45, 7) is -0.513. The van der Waals surface area contributed by atoms with Crippen molar-refractivity contribution < 1.29 is 28.2 Å². The molecule has 27 heavy (non-hydrogen) atoms. The van der Waals surface area contributed by atoms with E-state index in [-0.39, 0.29) is 0 Å². The summed E-state index contributed by atoms with van der Waals surface area (Å²) >= 11 is 6.00. The van der Waals surface area contributed by atoms with E-state index < -0.39 is 24.3 Å². The molecule has 0 saturated heterocycles. The van der Waals surface area contributed by atoms with Gasteiger partial charge in [-0.25, -0.2) is 9.18 Å². The number of hydrogen-bond donors (Lipinski definition) is 1. The van der Waals surface area contributed by atoms with Crippen LogP contribution in [0.3, 0.4) is 0 Å². The van der Waals surface area contributed by atoms with E-state index in [0.717, 1.165) is 6.08 Å². The van der Waals surface area contributed by atoms with Gasteiger partial charge >= 0.3 is 5.97 Å². The van der Waals surface area contributed by atoms with Crippen LogP contribution in [0.1, 0.15) is 5.56 Å². The average Bonchev–Trinajstić information content (AvgIpc) is 2.65. The molecule has 1 amide bonds. The van der Waals surface area contributed by atoms with Crippen LogP contribution in [0.5, 0.6) is 11.5 Å². The number of anilines is 1. The van der Waals surface area contributed by atoms with Crippen molar-refractivity contribution in [1.82, 2.24) is 0 Å². The van der Waals surface area contributed by atoms with Crippen molar-refractivity contribution in [3.8, 4) is 11.5 Å². The molecule has 0 aliphatic carbocycles. The first kappa shape index (κ1) is 20.3. The standard InChI is InChI=1S/C19H17ClFNO5/c1-25-16-10-15(17(26-2)9-14(16)20)22-18(23)11-27-19(24)7-6-12-4-3-5-13(21)8-12/h3-10H,11H2,1-2H3,(H,22,23)/b7-6+. The first-order valence-corrected chi connectivity index (χ1v) is 8.12. The topological polar surface area (TPSA) is 73.9 Å². The highest BCUT2D eigenvalue weighted by atomic mass is 35.5. The lowest BCUT2D eigenvalue weighted by atomic mass is 10.2. The maximum absolute atomic E-state index is 13.1. The Morgan fingerprint density at radius 2 is 1.89 bits per heavy atom. The Bertz CT molecular complexity index is 869. The van der Waals surface area contributed by atoms with E-state index in [2.05, 4.69) is 5.32 Å². The van der Waals surface area contributed by atoms with Crippen molar-refractivity contribution in [2.24, 2.45) is 0 Å². The number of benzene rings is 2. The summed E-state index contributed by atoms with van der Waals surface area (Å²) in [6, 6.07) is 8.67. The van der Waals surface area contributed by atoms with Crippen LogP contribution in [-0.4, -0.2) is 32.7 Å². The fourth-order valence-corrected chi connectivity index (χ4v) is 2.33. The fraction of sp³-hybridized carbons (Fsp3) is 0.158. The van der Waals surface area contributed by atoms with Gasteiger partial charge in [-0.2, -0.15) is 0 Å². The normalized spacial score (nSPS) is 10.5. The lowest BCUT2D eigenvalue weighted by Crippen LogP contribution is -2.20. The molecular weight excluding hydrogens is 377 g/mol. The van der Waals surface area contributed by atoms with Crippen molar-refractivity contribution in [2.45, 2.75) is 0 Å². The number of amides is 1. The lowest BCUT2D eigenvalue weighted by Gasteiger charge is -2.13. The van der Waals surface area contributed by atoms with Crippen LogP contribution in [-0.2, 0) is 14.3 Å². The predicted octanol–water partition coefficient (Wildman–Crippen LogP) is 3.69. The SMILES string of the molecule is COc1cc(NC(=O)COC(=O)/C=C/c2cccc(F)c2)c(OC)cc1Cl. The summed E-state index contributed by atoms with van der Waals surface area (Å²) in [5, 5.41) is 2.87. The number of carbonyl (C=O) groups excluding carboxylic acids is 2. The maximum atomic E-state index is 13.1. The van der Waals surface area contributed by atoms with Crippen LogP contribution in [0.25, 0.3) is 6.08 Å². The van der Waals surface area contributed by atoms with E-state index in [0.29, 0.717) is 27.8 Å². The highest BCUT2D eigenvalue weighted by molar-refractivity contribution is 6.32. The smallest absolute Gasteiger partial charge is 0.331 e. The number of halogens is 2. The van der Waals surface area contributed by atoms with Crippen LogP contribution in [0, 0.1) is 5.82 Å². The second-order valence-electron chi connectivity index (χ2n) is 5.23. The molecule has 2 rings (SSSR count). The number of hydrogen-bond acceptors (Lipinski definition) is 5. The molecule has 0 saturated carbocycles. The van der Waals surface area contributed by atoms with Crippen molar-refractivity contribution in [2.75, 3.05) is 26.1 Å². The third-order valence-corrected chi connectivity index (χ3v) is 3.65. The predicted molar refractivity (Wildman–Crippen MR) is 99.6 cm³/mol. The van der Waals surface area contributed by atoms with E-state index in [4.69, 9.17) is 25.8 Å². The molecule has 0 aliphatic rings. The van der Waals surface area contributed by atoms with Gasteiger partial charge in [0.05, 0.1) is 24.9 Å². The molecule has 0 unspecified atom stereocenters. The van der Waals surface area contributed by atoms with Crippen LogP contribution < -0.4 is 14.8 Å². The molecule has 0 atom stereocenters. The minimum Gasteiger partial charge on any atom is -0.495 e. The highest BCUT2D eigenvalue weighted by Gasteiger charge is 2.13. The summed E-state index contributed by atoms with van der Waals surface area (Å²) in [6.07, 6.45) is 2.49. The van der Waals surface area contributed by atoms with Gasteiger partial charge in [0, 0.05) is 18.2 Å². The molecule has 8 heteroatoms. The highest BCUT2D eigenvalue weighted by Crippen LogP contribution is 2.35. The third-order valence-electron chi connectivity index (χ3n) is 3.35. The number of esters is 1. The van der Waals surface area contributed by atoms with E-state index >= 15 is 0 Å². The van der Waals surface area contributed by atoms with Gasteiger partial charge in [0.15, 0.2) is 6.61 Å². The van der Waals surface area contributed by atoms with Gasteiger partial charge in [0.25, 0.3) is 5.91 Å². The van der Waals surface area contributed by atoms with Crippen molar-refractivity contribution in [3.63, 3.8) is 0 Å². The lowest BCUT2D eigenvalue weighted by molar-refractivity contribution is -0.142. The molecule has 0 radical (unpaired) electrons. The molecule has 1 N–H and O–H groups in total. The van der Waals surface area contributed by atoms with Gasteiger partial charge in [-0.15, -0.1) is 0 Å². The summed E-state index contributed by atoms with van der Waals surface area (Å²) in [5.74, 6) is -1.06. The third kappa shape index (κ3) is 6.00. The Hall–Kier alpha value is -3.06. The van der Waals surface area contributed by atoms with E-state index in [1.165, 1.54) is 50.6 Å². The van der Waals surface area contributed by atoms with Crippen LogP contribution in [0.15, 0.2) is 42.5 Å². The average molecular weight is 394 g/mol. The fourth-order valence-electron chi connectivity index (χ4n) is 2.10. The summed E-state index contributed by atoms with van der Waals surface area (Å²) in [4.78, 5) is 23.7. The molecular formula is C19H17ClFNO5. The maximum Gasteiger partial charge on any atom is 0.331 e. The van der Waals surface area contributed by atoms with E-state index in [1.54, 1.807) is 6.07 Å². The first-order valence-electron chi connectivity index (χ1n) is 7.74. The zero-order valence-electron chi connectivity index (χ0n) is 14.6. The Morgan fingerprint density at radius 1 is 1.15 bits per heavy atom. The molecule has 0 fully saturated rings. The van der Waals surface area contributed by atoms with Crippen LogP contribution in [0.4, 0.5) is 10.1 Å². The van der Waals surface area contributed by atoms with Crippen LogP contribution >= 0.6 is 11.6 Å². The van der Waals surface area contributed by atoms with Gasteiger partial charge in [-0.05, 0) is 23.8 Å². The van der Waals surface area contributed by atoms with Crippen molar-refractivity contribution in [3.05, 3.63) is 58.9 Å². The zero-order valence-corrected chi connectivity index (χ0v) is 15.4. The quantitative estimate of drug-likeness (QED) is 0.573. The second kappa shape index (κ2) is 9.59. The molecule has 0 heterocycles. The molecule has 6 nitrogen and oxygen atoms in total. The van der Waals surface area contributed by atoms with Gasteiger partial charge in [-0.1, -0.05) is 23.7 Å². The van der Waals surface area contributed by atoms with E-state index in [9.17, 15) is 14.0 Å². The largest absolute Gasteiger partial charge is 0.495 e. The molecule has 0 spiro atoms. The van der Waals surface area contributed by atoms with Gasteiger partial charge in [0.1, 0.15) is 17.3 Å². The Labute approximate surface area is 160 Å². The van der Waals surface area contributed by atoms with Crippen molar-refractivity contribution in [1.29, 1.82) is 0 Å². The zero-order chi connectivity index (χ0) is 19.8. The summed E-state index contributed by atoms with van der Waals surface area (Å²) in [5.41, 5.74) is 0.810. The second-order valence-corrected chi connectivity index (χ2v) is 5.64. The Balaban J connectivity index is 1.93. The Morgan fingerprint density at radius 3 is 2.56 bits per heavy atom. The van der Waals surface area contributed by atoms with Gasteiger partial charge in [-0.3, -0.25) is 4.79 Å². The first-order chi connectivity index (χ1) is 12.9. The number of carbonyl (C=O) groups is 2. The van der Waals surface area contributed by atoms with Gasteiger partial charge in [0.2, 0.25) is 0 Å². The molecule has 0 aliphatic heterocycles. The van der Waals surface area contributed by atoms with Crippen molar-refractivity contribution >= 4 is 35.2 Å². The number of ether oxygens (including phenoxy) is 3. The number of nitrogens with one attached hydrogen (secondary N) is 1. The molecule has 0 bridgehead atoms. The number of methoxy groups -OCH3 is 2. The Kier molecular flexibility index (Phi) is 7.19. The van der Waals surface area contributed by atoms with E-state index in [1.807, 2.05) is 0 Å². The molecule has 2 aromatic rings.